The lowest BCUT2D eigenvalue weighted by molar-refractivity contribution is 0.0296. The zero-order chi connectivity index (χ0) is 97.2. The number of H-pyrrole nitrogens is 2. The minimum absolute atomic E-state index is 0.0750. The van der Waals surface area contributed by atoms with Gasteiger partial charge in [-0.2, -0.15) is 75.5 Å². The highest BCUT2D eigenvalue weighted by atomic mass is 35.5. The predicted molar refractivity (Wildman–Crippen MR) is 533 cm³/mol. The van der Waals surface area contributed by atoms with Gasteiger partial charge in [-0.3, -0.25) is 14.7 Å². The number of alkyl halides is 1. The first-order valence-electron chi connectivity index (χ1n) is 47.5. The molecule has 10 aromatic carbocycles. The highest BCUT2D eigenvalue weighted by Crippen LogP contribution is 2.45. The van der Waals surface area contributed by atoms with E-state index in [1.165, 1.54) is 43.7 Å². The van der Waals surface area contributed by atoms with Crippen molar-refractivity contribution in [3.8, 4) is 124 Å². The standard InChI is InChI=1S/C41H41N7O5.C34H28N6O4.C25H25N7O3.C7H14ClNO/c1-50-34-10-4-28(5-11-34)26-47-42-25-38(43-47)30-8-14-36-32(22-30)24-33-23-31(9-15-37(33)36)39-40(41(49)53-19-3-16-46-17-20-52-21-18-46)45-48(44-39)27-29-6-12-35(51-2)13-7-29;1-43-27-9-3-21(4-10-27)19-39-35-18-31(36-39)23-7-13-29-25(15-23)17-26-16-24(8-14-30(26)29)32-33(34(41)42)38-40(37-32)20-22-5-11-28(44-2)12-6-22;33-25(35-9-1-6-32-7-10-34-11-8-32)24-23(28-31-29-24)17-3-5-21-19(13-17)14-18-12-16(2-4-20(18)21)22-15-26-30-27-22;8-2-1-3-9-4-6-10-7-5-9/h4-15,22-23,25H,3,16-21,24,26-27H2,1-2H3;3-16,18H,17,19-20H2,1-2H3,(H,41,42);2-5,12-13,15H,1,6-11,14H2,(H,26,27,30)(H,28,29,31);1-7H2. The Bertz CT molecular complexity index is 7050. The van der Waals surface area contributed by atoms with Gasteiger partial charge in [0, 0.05) is 91.6 Å². The molecule has 0 bridgehead atoms. The van der Waals surface area contributed by atoms with Crippen molar-refractivity contribution in [1.82, 2.24) is 105 Å². The summed E-state index contributed by atoms with van der Waals surface area (Å²) in [5, 5.41) is 68.4. The lowest BCUT2D eigenvalue weighted by Gasteiger charge is -2.26. The van der Waals surface area contributed by atoms with Crippen molar-refractivity contribution in [2.45, 2.75) is 64.7 Å². The van der Waals surface area contributed by atoms with E-state index in [0.717, 1.165) is 260 Å². The number of carbonyl (C=O) groups excluding carboxylic acids is 2. The third-order valence-electron chi connectivity index (χ3n) is 25.8. The molecule has 726 valence electrons. The van der Waals surface area contributed by atoms with Crippen molar-refractivity contribution in [1.29, 1.82) is 0 Å². The van der Waals surface area contributed by atoms with Crippen LogP contribution < -0.4 is 18.9 Å². The number of benzene rings is 10. The molecule has 3 aliphatic heterocycles. The van der Waals surface area contributed by atoms with E-state index in [-0.39, 0.29) is 17.1 Å². The second kappa shape index (κ2) is 45.3. The zero-order valence-electron chi connectivity index (χ0n) is 79.4. The normalized spacial score (nSPS) is 14.0. The Kier molecular flexibility index (Phi) is 30.5. The Hall–Kier alpha value is -15.3. The monoisotopic (exact) mass is 1930 g/mol. The van der Waals surface area contributed by atoms with Gasteiger partial charge in [-0.25, -0.2) is 14.4 Å². The van der Waals surface area contributed by atoms with Crippen LogP contribution in [-0.4, -0.2) is 275 Å². The first-order valence-corrected chi connectivity index (χ1v) is 48.1. The number of morpholine rings is 3. The molecule has 0 amide bonds. The van der Waals surface area contributed by atoms with Gasteiger partial charge in [0.1, 0.15) is 57.2 Å². The number of rotatable bonds is 32. The van der Waals surface area contributed by atoms with Gasteiger partial charge in [-0.15, -0.1) is 26.9 Å². The molecule has 142 heavy (non-hydrogen) atoms. The summed E-state index contributed by atoms with van der Waals surface area (Å²) in [4.78, 5) is 51.8. The van der Waals surface area contributed by atoms with E-state index in [1.807, 2.05) is 134 Å². The van der Waals surface area contributed by atoms with Crippen molar-refractivity contribution in [2.75, 3.05) is 146 Å². The van der Waals surface area contributed by atoms with Gasteiger partial charge in [0.05, 0.1) is 126 Å². The summed E-state index contributed by atoms with van der Waals surface area (Å²) >= 11 is 5.56. The topological polar surface area (TPSA) is 370 Å². The number of aromatic carboxylic acids is 1. The van der Waals surface area contributed by atoms with Crippen LogP contribution in [0.3, 0.4) is 0 Å². The second-order valence-corrected chi connectivity index (χ2v) is 35.5. The molecule has 0 atom stereocenters. The molecule has 0 spiro atoms. The zero-order valence-corrected chi connectivity index (χ0v) is 80.1. The number of carboxylic acid groups (broad SMARTS) is 1. The molecule has 6 aromatic heterocycles. The van der Waals surface area contributed by atoms with Crippen molar-refractivity contribution < 1.29 is 62.1 Å². The summed E-state index contributed by atoms with van der Waals surface area (Å²) in [6.45, 7) is 16.0. The van der Waals surface area contributed by atoms with Crippen molar-refractivity contribution in [3.05, 3.63) is 298 Å². The summed E-state index contributed by atoms with van der Waals surface area (Å²) in [5.74, 6) is 1.87. The number of esters is 2. The summed E-state index contributed by atoms with van der Waals surface area (Å²) in [5.41, 5.74) is 27.7. The molecule has 6 aliphatic rings. The second-order valence-electron chi connectivity index (χ2n) is 35.1. The van der Waals surface area contributed by atoms with Crippen LogP contribution in [0.15, 0.2) is 225 Å². The van der Waals surface area contributed by atoms with E-state index in [1.54, 1.807) is 55.2 Å². The third-order valence-corrected chi connectivity index (χ3v) is 26.1. The number of methoxy groups -OCH3 is 4. The highest BCUT2D eigenvalue weighted by molar-refractivity contribution is 6.17. The van der Waals surface area contributed by atoms with Crippen LogP contribution in [0.4, 0.5) is 0 Å². The molecule has 3 N–H and O–H groups in total. The molecule has 3 aliphatic carbocycles. The molecule has 9 heterocycles. The number of carboxylic acids is 1. The van der Waals surface area contributed by atoms with Crippen molar-refractivity contribution >= 4 is 29.5 Å². The Labute approximate surface area is 824 Å². The average molecular weight is 1930 g/mol. The number of hydrogen-bond donors (Lipinski definition) is 3. The maximum atomic E-state index is 13.5. The Balaban J connectivity index is 0.000000131. The van der Waals surface area contributed by atoms with Crippen LogP contribution in [0.5, 0.6) is 23.0 Å². The largest absolute Gasteiger partial charge is 0.497 e. The van der Waals surface area contributed by atoms with Gasteiger partial charge >= 0.3 is 17.9 Å². The molecule has 35 heteroatoms. The molecule has 3 fully saturated rings. The van der Waals surface area contributed by atoms with Crippen LogP contribution in [0.1, 0.15) is 106 Å². The fraction of sp³-hybridized carbons (Fsp3) is 0.299. The summed E-state index contributed by atoms with van der Waals surface area (Å²) < 4.78 is 48.3. The maximum absolute atomic E-state index is 13.5. The number of aromatic nitrogens is 18. The average Bonchev–Trinajstić information content (AvgIpc) is 1.62. The van der Waals surface area contributed by atoms with E-state index < -0.39 is 17.9 Å². The number of nitrogens with zero attached hydrogens (tertiary/aromatic N) is 19. The maximum Gasteiger partial charge on any atom is 0.361 e. The fourth-order valence-electron chi connectivity index (χ4n) is 18.4. The van der Waals surface area contributed by atoms with E-state index in [0.29, 0.717) is 62.9 Å². The van der Waals surface area contributed by atoms with Crippen LogP contribution in [0, 0.1) is 0 Å². The lowest BCUT2D eigenvalue weighted by Crippen LogP contribution is -2.37. The number of nitrogens with one attached hydrogen (secondary N) is 2. The van der Waals surface area contributed by atoms with Gasteiger partial charge in [0.15, 0.2) is 17.1 Å². The fourth-order valence-corrected chi connectivity index (χ4v) is 18.5. The van der Waals surface area contributed by atoms with Crippen LogP contribution in [0.2, 0.25) is 0 Å². The molecule has 0 radical (unpaired) electrons. The van der Waals surface area contributed by atoms with E-state index in [2.05, 4.69) is 150 Å². The van der Waals surface area contributed by atoms with Gasteiger partial charge in [-0.05, 0) is 219 Å². The molecule has 3 saturated heterocycles. The Morgan fingerprint density at radius 3 is 1.04 bits per heavy atom. The molecule has 16 aromatic rings. The molecule has 0 unspecified atom stereocenters. The van der Waals surface area contributed by atoms with Crippen LogP contribution in [0.25, 0.3) is 101 Å². The number of carbonyl (C=O) groups is 3. The summed E-state index contributed by atoms with van der Waals surface area (Å²) in [7, 11) is 6.56. The molecular formula is C107H108ClN21O13. The number of hydrogen-bond acceptors (Lipinski definition) is 27. The van der Waals surface area contributed by atoms with Gasteiger partial charge in [0.2, 0.25) is 0 Å². The minimum Gasteiger partial charge on any atom is -0.497 e. The van der Waals surface area contributed by atoms with E-state index >= 15 is 0 Å². The van der Waals surface area contributed by atoms with Gasteiger partial charge in [0.25, 0.3) is 0 Å². The molecule has 22 rings (SSSR count). The number of halogens is 1. The first kappa shape index (κ1) is 95.6. The first-order chi connectivity index (χ1) is 69.7. The van der Waals surface area contributed by atoms with Crippen molar-refractivity contribution in [2.24, 2.45) is 0 Å². The molecule has 34 nitrogen and oxygen atoms in total. The predicted octanol–water partition coefficient (Wildman–Crippen LogP) is 15.0. The third kappa shape index (κ3) is 23.1. The quantitative estimate of drug-likeness (QED) is 0.0200. The number of fused-ring (bicyclic) bond motifs is 9. The van der Waals surface area contributed by atoms with E-state index in [9.17, 15) is 19.5 Å². The van der Waals surface area contributed by atoms with Crippen LogP contribution >= 0.6 is 11.6 Å². The van der Waals surface area contributed by atoms with E-state index in [4.69, 9.17) is 69.5 Å². The number of ether oxygens (including phenoxy) is 9. The lowest BCUT2D eigenvalue weighted by atomic mass is 10.0. The Morgan fingerprint density at radius 1 is 0.345 bits per heavy atom. The highest BCUT2D eigenvalue weighted by Gasteiger charge is 2.31. The molecular weight excluding hydrogens is 1820 g/mol. The summed E-state index contributed by atoms with van der Waals surface area (Å²) in [6, 6.07) is 68.5. The van der Waals surface area contributed by atoms with Gasteiger partial charge < -0.3 is 47.7 Å². The van der Waals surface area contributed by atoms with Crippen molar-refractivity contribution in [3.63, 3.8) is 0 Å². The molecule has 0 saturated carbocycles. The van der Waals surface area contributed by atoms with Gasteiger partial charge in [-0.1, -0.05) is 121 Å². The minimum atomic E-state index is -1.12. The smallest absolute Gasteiger partial charge is 0.361 e. The summed E-state index contributed by atoms with van der Waals surface area (Å²) in [6.07, 6.45) is 10.2. The van der Waals surface area contributed by atoms with Crippen LogP contribution in [-0.2, 0) is 69.1 Å². The number of aromatic amines is 2. The SMILES string of the molecule is COc1ccc(Cn2ncc(-c3ccc4c(c3)Cc3cc(-c5nn(Cc6ccc(OC)cc6)nc5C(=O)O)ccc3-4)n2)cc1.COc1ccc(Cn2ncc(-c3ccc4c(c3)Cc3cc(-c5nn(Cc6ccc(OC)cc6)nc5C(=O)OCCCN5CCOCC5)ccc3-4)n2)cc1.ClCCCN1CCOCC1.O=C(OCCCN1CCOCC1)c1n[nH]nc1-c1ccc2c(c1)Cc1cc(-c3cn[nH]n3)ccc1-2. The Morgan fingerprint density at radius 2 is 0.676 bits per heavy atom.